The van der Waals surface area contributed by atoms with Gasteiger partial charge in [0.25, 0.3) is 5.56 Å². The summed E-state index contributed by atoms with van der Waals surface area (Å²) in [6.07, 6.45) is 3.74. The first kappa shape index (κ1) is 22.5. The summed E-state index contributed by atoms with van der Waals surface area (Å²) in [7, 11) is 0. The standard InChI is InChI=1S/C23H25N3O4S2/c1-3-9-30-22(29)14-5-4-6-15(11-14)24-18(27)12-31-23-25-20(28)19-16-8-7-13(2)10-17(16)32-21(19)26-23/h4-6,11,13H,3,7-10,12H2,1-2H3,(H,24,27)(H,25,26,28). The highest BCUT2D eigenvalue weighted by atomic mass is 32.2. The molecule has 1 aromatic carbocycles. The second-order valence-electron chi connectivity index (χ2n) is 7.96. The van der Waals surface area contributed by atoms with Crippen LogP contribution in [0.15, 0.2) is 34.2 Å². The number of thioether (sulfide) groups is 1. The van der Waals surface area contributed by atoms with Crippen LogP contribution in [0.2, 0.25) is 0 Å². The van der Waals surface area contributed by atoms with E-state index in [4.69, 9.17) is 4.74 Å². The molecule has 168 valence electrons. The van der Waals surface area contributed by atoms with Gasteiger partial charge in [-0.1, -0.05) is 31.7 Å². The number of benzene rings is 1. The normalized spacial score (nSPS) is 15.4. The van der Waals surface area contributed by atoms with E-state index in [0.717, 1.165) is 36.1 Å². The zero-order valence-corrected chi connectivity index (χ0v) is 19.7. The highest BCUT2D eigenvalue weighted by Crippen LogP contribution is 2.36. The maximum atomic E-state index is 12.7. The number of nitrogens with zero attached hydrogens (tertiary/aromatic N) is 1. The van der Waals surface area contributed by atoms with E-state index in [2.05, 4.69) is 22.2 Å². The molecule has 0 aliphatic heterocycles. The summed E-state index contributed by atoms with van der Waals surface area (Å²) in [5.74, 6) is 0.0388. The van der Waals surface area contributed by atoms with Gasteiger partial charge in [0.1, 0.15) is 4.83 Å². The van der Waals surface area contributed by atoms with Crippen molar-refractivity contribution in [1.82, 2.24) is 9.97 Å². The second-order valence-corrected chi connectivity index (χ2v) is 10.0. The van der Waals surface area contributed by atoms with E-state index in [9.17, 15) is 14.4 Å². The van der Waals surface area contributed by atoms with Crippen LogP contribution in [-0.4, -0.2) is 34.2 Å². The van der Waals surface area contributed by atoms with Gasteiger partial charge in [-0.2, -0.15) is 0 Å². The summed E-state index contributed by atoms with van der Waals surface area (Å²) in [5.41, 5.74) is 1.90. The molecule has 0 saturated heterocycles. The topological polar surface area (TPSA) is 101 Å². The van der Waals surface area contributed by atoms with Crippen LogP contribution in [-0.2, 0) is 22.4 Å². The van der Waals surface area contributed by atoms with Crippen molar-refractivity contribution in [1.29, 1.82) is 0 Å². The van der Waals surface area contributed by atoms with E-state index in [-0.39, 0.29) is 17.2 Å². The number of H-pyrrole nitrogens is 1. The van der Waals surface area contributed by atoms with E-state index in [0.29, 0.717) is 34.3 Å². The molecule has 0 radical (unpaired) electrons. The number of aryl methyl sites for hydroxylation is 1. The number of carbonyl (C=O) groups is 2. The van der Waals surface area contributed by atoms with E-state index >= 15 is 0 Å². The minimum absolute atomic E-state index is 0.0844. The highest BCUT2D eigenvalue weighted by Gasteiger charge is 2.23. The van der Waals surface area contributed by atoms with Crippen molar-refractivity contribution in [3.63, 3.8) is 0 Å². The number of fused-ring (bicyclic) bond motifs is 3. The third-order valence-corrected chi connectivity index (χ3v) is 7.32. The zero-order chi connectivity index (χ0) is 22.7. The Morgan fingerprint density at radius 2 is 2.22 bits per heavy atom. The van der Waals surface area contributed by atoms with Gasteiger partial charge in [0.2, 0.25) is 5.91 Å². The Morgan fingerprint density at radius 1 is 1.38 bits per heavy atom. The van der Waals surface area contributed by atoms with Crippen LogP contribution in [0.3, 0.4) is 0 Å². The van der Waals surface area contributed by atoms with Crippen molar-refractivity contribution >= 4 is 50.9 Å². The maximum Gasteiger partial charge on any atom is 0.338 e. The summed E-state index contributed by atoms with van der Waals surface area (Å²) < 4.78 is 5.13. The minimum atomic E-state index is -0.416. The molecule has 3 aromatic rings. The number of ether oxygens (including phenoxy) is 1. The van der Waals surface area contributed by atoms with Gasteiger partial charge in [-0.05, 0) is 55.4 Å². The number of thiophene rings is 1. The first-order valence-corrected chi connectivity index (χ1v) is 12.5. The Bertz CT molecular complexity index is 1220. The first-order chi connectivity index (χ1) is 15.4. The molecule has 1 aliphatic rings. The molecule has 1 atom stereocenters. The third kappa shape index (κ3) is 5.05. The Labute approximate surface area is 194 Å². The quantitative estimate of drug-likeness (QED) is 0.301. The lowest BCUT2D eigenvalue weighted by Gasteiger charge is -2.17. The Morgan fingerprint density at radius 3 is 3.03 bits per heavy atom. The summed E-state index contributed by atoms with van der Waals surface area (Å²) in [6, 6.07) is 6.64. The SMILES string of the molecule is CCCOC(=O)c1cccc(NC(=O)CSc2nc3sc4c(c3c(=O)[nH]2)CCC(C)C4)c1. The fraction of sp³-hybridized carbons (Fsp3) is 0.391. The molecule has 7 nitrogen and oxygen atoms in total. The van der Waals surface area contributed by atoms with Gasteiger partial charge in [0.15, 0.2) is 5.16 Å². The average molecular weight is 472 g/mol. The van der Waals surface area contributed by atoms with Gasteiger partial charge >= 0.3 is 5.97 Å². The molecule has 32 heavy (non-hydrogen) atoms. The smallest absolute Gasteiger partial charge is 0.338 e. The number of aromatic amines is 1. The first-order valence-electron chi connectivity index (χ1n) is 10.7. The van der Waals surface area contributed by atoms with Gasteiger partial charge in [-0.3, -0.25) is 9.59 Å². The second kappa shape index (κ2) is 9.87. The number of hydrogen-bond acceptors (Lipinski definition) is 7. The summed E-state index contributed by atoms with van der Waals surface area (Å²) in [5, 5.41) is 3.91. The van der Waals surface area contributed by atoms with Crippen molar-refractivity contribution < 1.29 is 14.3 Å². The van der Waals surface area contributed by atoms with Crippen LogP contribution in [0, 0.1) is 5.92 Å². The number of nitrogens with one attached hydrogen (secondary N) is 2. The third-order valence-electron chi connectivity index (χ3n) is 5.30. The van der Waals surface area contributed by atoms with Crippen molar-refractivity contribution in [2.45, 2.75) is 44.7 Å². The van der Waals surface area contributed by atoms with Gasteiger partial charge < -0.3 is 15.0 Å². The highest BCUT2D eigenvalue weighted by molar-refractivity contribution is 7.99. The van der Waals surface area contributed by atoms with Crippen molar-refractivity contribution in [3.8, 4) is 0 Å². The molecule has 0 bridgehead atoms. The van der Waals surface area contributed by atoms with E-state index < -0.39 is 5.97 Å². The number of anilines is 1. The van der Waals surface area contributed by atoms with Crippen LogP contribution in [0.4, 0.5) is 5.69 Å². The van der Waals surface area contributed by atoms with Gasteiger partial charge in [0, 0.05) is 10.6 Å². The van der Waals surface area contributed by atoms with Crippen molar-refractivity contribution in [2.75, 3.05) is 17.7 Å². The van der Waals surface area contributed by atoms with E-state index in [1.165, 1.54) is 16.6 Å². The average Bonchev–Trinajstić information content (AvgIpc) is 3.14. The minimum Gasteiger partial charge on any atom is -0.462 e. The van der Waals surface area contributed by atoms with Crippen molar-refractivity contribution in [3.05, 3.63) is 50.6 Å². The van der Waals surface area contributed by atoms with Crippen LogP contribution in [0.5, 0.6) is 0 Å². The van der Waals surface area contributed by atoms with Crippen LogP contribution in [0.25, 0.3) is 10.2 Å². The summed E-state index contributed by atoms with van der Waals surface area (Å²) in [4.78, 5) is 46.5. The molecular formula is C23H25N3O4S2. The molecule has 1 amide bonds. The molecule has 1 aliphatic carbocycles. The number of esters is 1. The molecule has 1 unspecified atom stereocenters. The number of rotatable bonds is 7. The Kier molecular flexibility index (Phi) is 6.95. The number of carbonyl (C=O) groups excluding carboxylic acids is 2. The lowest BCUT2D eigenvalue weighted by Crippen LogP contribution is -2.16. The predicted octanol–water partition coefficient (Wildman–Crippen LogP) is 4.41. The zero-order valence-electron chi connectivity index (χ0n) is 18.0. The Balaban J connectivity index is 1.41. The van der Waals surface area contributed by atoms with E-state index in [1.807, 2.05) is 6.92 Å². The molecule has 9 heteroatoms. The van der Waals surface area contributed by atoms with E-state index in [1.54, 1.807) is 35.6 Å². The fourth-order valence-electron chi connectivity index (χ4n) is 3.73. The number of hydrogen-bond donors (Lipinski definition) is 2. The van der Waals surface area contributed by atoms with Crippen LogP contribution < -0.4 is 10.9 Å². The van der Waals surface area contributed by atoms with Crippen LogP contribution in [0.1, 0.15) is 47.5 Å². The lowest BCUT2D eigenvalue weighted by molar-refractivity contribution is -0.113. The maximum absolute atomic E-state index is 12.7. The van der Waals surface area contributed by atoms with Gasteiger partial charge in [-0.15, -0.1) is 11.3 Å². The summed E-state index contributed by atoms with van der Waals surface area (Å²) >= 11 is 2.77. The molecule has 4 rings (SSSR count). The molecule has 0 spiro atoms. The molecular weight excluding hydrogens is 446 g/mol. The molecule has 2 N–H and O–H groups in total. The Hall–Kier alpha value is -2.65. The number of aromatic nitrogens is 2. The van der Waals surface area contributed by atoms with Crippen LogP contribution >= 0.6 is 23.1 Å². The van der Waals surface area contributed by atoms with Crippen molar-refractivity contribution in [2.24, 2.45) is 5.92 Å². The molecule has 0 fully saturated rings. The fourth-order valence-corrected chi connectivity index (χ4v) is 5.83. The monoisotopic (exact) mass is 471 g/mol. The largest absolute Gasteiger partial charge is 0.462 e. The number of amides is 1. The van der Waals surface area contributed by atoms with Gasteiger partial charge in [-0.25, -0.2) is 9.78 Å². The van der Waals surface area contributed by atoms with Gasteiger partial charge in [0.05, 0.1) is 23.3 Å². The molecule has 2 heterocycles. The summed E-state index contributed by atoms with van der Waals surface area (Å²) in [6.45, 7) is 4.51. The molecule has 2 aromatic heterocycles. The predicted molar refractivity (Wildman–Crippen MR) is 128 cm³/mol. The lowest BCUT2D eigenvalue weighted by atomic mass is 9.89. The molecule has 0 saturated carbocycles.